The molecule has 2 aromatic carbocycles. The summed E-state index contributed by atoms with van der Waals surface area (Å²) in [5.74, 6) is -1.02. The van der Waals surface area contributed by atoms with Crippen LogP contribution in [0.1, 0.15) is 25.3 Å². The molecule has 7 heteroatoms. The number of nitrogens with one attached hydrogen (secondary N) is 3. The van der Waals surface area contributed by atoms with Gasteiger partial charge in [0, 0.05) is 24.2 Å². The van der Waals surface area contributed by atoms with Crippen LogP contribution in [0, 0.1) is 11.6 Å². The molecule has 3 rings (SSSR count). The predicted molar refractivity (Wildman–Crippen MR) is 105 cm³/mol. The number of anilines is 1. The van der Waals surface area contributed by atoms with E-state index < -0.39 is 17.7 Å². The number of benzene rings is 2. The molecule has 0 radical (unpaired) electrons. The maximum Gasteiger partial charge on any atom is 0.242 e. The molecule has 0 aliphatic rings. The van der Waals surface area contributed by atoms with E-state index in [0.29, 0.717) is 17.8 Å². The van der Waals surface area contributed by atoms with E-state index in [1.807, 2.05) is 37.3 Å². The zero-order valence-electron chi connectivity index (χ0n) is 15.5. The first-order chi connectivity index (χ1) is 13.5. The summed E-state index contributed by atoms with van der Waals surface area (Å²) in [5, 5.41) is 12.9. The summed E-state index contributed by atoms with van der Waals surface area (Å²) in [7, 11) is 0. The quantitative estimate of drug-likeness (QED) is 0.544. The molecule has 3 aromatic rings. The Morgan fingerprint density at radius 2 is 1.82 bits per heavy atom. The molecule has 0 saturated heterocycles. The molecule has 0 aliphatic carbocycles. The van der Waals surface area contributed by atoms with Crippen LogP contribution in [0.25, 0.3) is 11.3 Å². The van der Waals surface area contributed by atoms with Gasteiger partial charge in [0.05, 0.1) is 11.7 Å². The maximum atomic E-state index is 13.3. The van der Waals surface area contributed by atoms with Gasteiger partial charge in [-0.15, -0.1) is 0 Å². The minimum absolute atomic E-state index is 0.186. The first-order valence-electron chi connectivity index (χ1n) is 9.15. The molecule has 0 aliphatic heterocycles. The minimum Gasteiger partial charge on any atom is -0.310 e. The van der Waals surface area contributed by atoms with Crippen LogP contribution in [0.2, 0.25) is 0 Å². The first kappa shape index (κ1) is 19.7. The Hall–Kier alpha value is -3.06. The fraction of sp³-hybridized carbons (Fsp3) is 0.238. The summed E-state index contributed by atoms with van der Waals surface area (Å²) in [6, 6.07) is 14.2. The summed E-state index contributed by atoms with van der Waals surface area (Å²) in [4.78, 5) is 12.6. The third-order valence-electron chi connectivity index (χ3n) is 4.27. The van der Waals surface area contributed by atoms with Gasteiger partial charge in [-0.3, -0.25) is 9.89 Å². The van der Waals surface area contributed by atoms with Gasteiger partial charge in [-0.2, -0.15) is 5.10 Å². The molecule has 0 fully saturated rings. The average Bonchev–Trinajstić information content (AvgIpc) is 3.13. The number of H-pyrrole nitrogens is 1. The van der Waals surface area contributed by atoms with Gasteiger partial charge in [0.25, 0.3) is 0 Å². The van der Waals surface area contributed by atoms with Gasteiger partial charge in [-0.25, -0.2) is 8.78 Å². The highest BCUT2D eigenvalue weighted by Crippen LogP contribution is 2.19. The van der Waals surface area contributed by atoms with E-state index in [2.05, 4.69) is 20.8 Å². The van der Waals surface area contributed by atoms with Crippen molar-refractivity contribution in [2.45, 2.75) is 32.4 Å². The zero-order valence-corrected chi connectivity index (χ0v) is 15.5. The van der Waals surface area contributed by atoms with Crippen LogP contribution in [0.4, 0.5) is 14.6 Å². The second kappa shape index (κ2) is 9.23. The van der Waals surface area contributed by atoms with Crippen molar-refractivity contribution in [2.24, 2.45) is 0 Å². The normalized spacial score (nSPS) is 12.0. The predicted octanol–water partition coefficient (Wildman–Crippen LogP) is 4.25. The van der Waals surface area contributed by atoms with E-state index in [4.69, 9.17) is 0 Å². The molecular weight excluding hydrogens is 362 g/mol. The van der Waals surface area contributed by atoms with Crippen LogP contribution in [0.15, 0.2) is 54.6 Å². The Bertz CT molecular complexity index is 907. The van der Waals surface area contributed by atoms with Crippen molar-refractivity contribution in [2.75, 3.05) is 5.32 Å². The van der Waals surface area contributed by atoms with Gasteiger partial charge in [0.2, 0.25) is 5.91 Å². The minimum atomic E-state index is -0.640. The molecular formula is C21H22F2N4O. The van der Waals surface area contributed by atoms with Crippen molar-refractivity contribution in [3.8, 4) is 11.3 Å². The molecule has 0 spiro atoms. The number of nitrogens with zero attached hydrogens (tertiary/aromatic N) is 1. The molecule has 0 unspecified atom stereocenters. The number of carbonyl (C=O) groups excluding carboxylic acids is 1. The summed E-state index contributed by atoms with van der Waals surface area (Å²) in [5.41, 5.74) is 2.11. The molecule has 1 atom stereocenters. The van der Waals surface area contributed by atoms with E-state index in [1.54, 1.807) is 6.07 Å². The monoisotopic (exact) mass is 384 g/mol. The number of aromatic amines is 1. The van der Waals surface area contributed by atoms with Crippen LogP contribution < -0.4 is 10.6 Å². The molecule has 1 amide bonds. The van der Waals surface area contributed by atoms with Gasteiger partial charge >= 0.3 is 0 Å². The highest BCUT2D eigenvalue weighted by Gasteiger charge is 2.18. The van der Waals surface area contributed by atoms with Crippen molar-refractivity contribution < 1.29 is 13.6 Å². The molecule has 5 nitrogen and oxygen atoms in total. The Kier molecular flexibility index (Phi) is 6.49. The van der Waals surface area contributed by atoms with Crippen LogP contribution in [-0.2, 0) is 11.3 Å². The third-order valence-corrected chi connectivity index (χ3v) is 4.27. The highest BCUT2D eigenvalue weighted by atomic mass is 19.1. The van der Waals surface area contributed by atoms with Gasteiger partial charge in [-0.05, 0) is 24.1 Å². The average molecular weight is 384 g/mol. The van der Waals surface area contributed by atoms with Crippen molar-refractivity contribution in [1.82, 2.24) is 15.5 Å². The van der Waals surface area contributed by atoms with Crippen molar-refractivity contribution in [3.05, 3.63) is 71.8 Å². The van der Waals surface area contributed by atoms with Crippen molar-refractivity contribution in [1.29, 1.82) is 0 Å². The molecule has 1 heterocycles. The second-order valence-electron chi connectivity index (χ2n) is 6.52. The van der Waals surface area contributed by atoms with E-state index in [0.717, 1.165) is 23.7 Å². The van der Waals surface area contributed by atoms with E-state index in [9.17, 15) is 13.6 Å². The van der Waals surface area contributed by atoms with E-state index >= 15 is 0 Å². The van der Waals surface area contributed by atoms with E-state index in [-0.39, 0.29) is 12.5 Å². The van der Waals surface area contributed by atoms with Crippen LogP contribution in [-0.4, -0.2) is 22.1 Å². The summed E-state index contributed by atoms with van der Waals surface area (Å²) < 4.78 is 26.7. The second-order valence-corrected chi connectivity index (χ2v) is 6.52. The molecule has 28 heavy (non-hydrogen) atoms. The Morgan fingerprint density at radius 1 is 1.11 bits per heavy atom. The van der Waals surface area contributed by atoms with Gasteiger partial charge in [-0.1, -0.05) is 43.7 Å². The topological polar surface area (TPSA) is 69.8 Å². The fourth-order valence-corrected chi connectivity index (χ4v) is 2.93. The van der Waals surface area contributed by atoms with Crippen LogP contribution >= 0.6 is 0 Å². The zero-order chi connectivity index (χ0) is 19.9. The molecule has 146 valence electrons. The first-order valence-corrected chi connectivity index (χ1v) is 9.15. The number of halogens is 2. The van der Waals surface area contributed by atoms with Crippen LogP contribution in [0.3, 0.4) is 0 Å². The Balaban J connectivity index is 1.63. The van der Waals surface area contributed by atoms with Crippen molar-refractivity contribution in [3.63, 3.8) is 0 Å². The summed E-state index contributed by atoms with van der Waals surface area (Å²) >= 11 is 0. The largest absolute Gasteiger partial charge is 0.310 e. The lowest BCUT2D eigenvalue weighted by molar-refractivity contribution is -0.118. The number of hydrogen-bond donors (Lipinski definition) is 3. The van der Waals surface area contributed by atoms with Gasteiger partial charge in [0.1, 0.15) is 17.5 Å². The SMILES string of the molecule is CCC[C@H](NCc1cc(F)cc(F)c1)C(=O)Nc1cc(-c2ccccc2)n[nH]1. The lowest BCUT2D eigenvalue weighted by atomic mass is 10.1. The fourth-order valence-electron chi connectivity index (χ4n) is 2.93. The highest BCUT2D eigenvalue weighted by molar-refractivity contribution is 5.94. The summed E-state index contributed by atoms with van der Waals surface area (Å²) in [6.07, 6.45) is 1.37. The van der Waals surface area contributed by atoms with Gasteiger partial charge < -0.3 is 10.6 Å². The van der Waals surface area contributed by atoms with Crippen LogP contribution in [0.5, 0.6) is 0 Å². The number of carbonyl (C=O) groups is 1. The van der Waals surface area contributed by atoms with E-state index in [1.165, 1.54) is 12.1 Å². The Morgan fingerprint density at radius 3 is 2.50 bits per heavy atom. The number of hydrogen-bond acceptors (Lipinski definition) is 3. The number of aromatic nitrogens is 2. The standard InChI is InChI=1S/C21H22F2N4O/c1-2-6-18(24-13-14-9-16(22)11-17(23)10-14)21(28)25-20-12-19(26-27-20)15-7-4-3-5-8-15/h3-5,7-12,18,24H,2,6,13H2,1H3,(H2,25,26,27,28)/t18-/m0/s1. The smallest absolute Gasteiger partial charge is 0.242 e. The molecule has 0 saturated carbocycles. The lowest BCUT2D eigenvalue weighted by Gasteiger charge is -2.17. The molecule has 3 N–H and O–H groups in total. The number of amides is 1. The molecule has 0 bridgehead atoms. The third kappa shape index (κ3) is 5.23. The number of rotatable bonds is 8. The van der Waals surface area contributed by atoms with Gasteiger partial charge in [0.15, 0.2) is 0 Å². The maximum absolute atomic E-state index is 13.3. The Labute approximate surface area is 162 Å². The lowest BCUT2D eigenvalue weighted by Crippen LogP contribution is -2.40. The van der Waals surface area contributed by atoms with Crippen molar-refractivity contribution >= 4 is 11.7 Å². The molecule has 1 aromatic heterocycles. The summed E-state index contributed by atoms with van der Waals surface area (Å²) in [6.45, 7) is 2.15.